The van der Waals surface area contributed by atoms with Crippen molar-refractivity contribution in [1.29, 1.82) is 0 Å². The molecule has 0 radical (unpaired) electrons. The van der Waals surface area contributed by atoms with E-state index in [1.54, 1.807) is 24.9 Å². The standard InChI is InChI=1S/C20H22ClN3O4/c1-11-14(8-17(27-3)20-19(11)22-23-24(20)2)15(9-18(26)28-4)12-5-6-16(21)13(7-12)10-25/h5-8,15,25H,9-10H2,1-4H3. The molecule has 1 aromatic heterocycles. The maximum Gasteiger partial charge on any atom is 0.306 e. The Bertz CT molecular complexity index is 1030. The zero-order valence-corrected chi connectivity index (χ0v) is 16.9. The molecule has 0 aliphatic rings. The van der Waals surface area contributed by atoms with Crippen molar-refractivity contribution in [2.24, 2.45) is 7.05 Å². The monoisotopic (exact) mass is 403 g/mol. The molecule has 0 spiro atoms. The van der Waals surface area contributed by atoms with E-state index < -0.39 is 0 Å². The third-order valence-corrected chi connectivity index (χ3v) is 5.34. The molecule has 3 aromatic rings. The molecule has 0 amide bonds. The zero-order chi connectivity index (χ0) is 20.4. The van der Waals surface area contributed by atoms with Crippen LogP contribution in [0.2, 0.25) is 5.02 Å². The minimum absolute atomic E-state index is 0.124. The molecule has 0 aliphatic carbocycles. The molecule has 1 atom stereocenters. The third-order valence-electron chi connectivity index (χ3n) is 4.97. The van der Waals surface area contributed by atoms with E-state index in [1.165, 1.54) is 7.11 Å². The minimum Gasteiger partial charge on any atom is -0.494 e. The highest BCUT2D eigenvalue weighted by Gasteiger charge is 2.25. The number of nitrogens with zero attached hydrogens (tertiary/aromatic N) is 3. The number of halogens is 1. The molecule has 7 nitrogen and oxygen atoms in total. The van der Waals surface area contributed by atoms with Gasteiger partial charge in [-0.1, -0.05) is 28.9 Å². The topological polar surface area (TPSA) is 86.5 Å². The van der Waals surface area contributed by atoms with Gasteiger partial charge in [0.25, 0.3) is 0 Å². The maximum absolute atomic E-state index is 12.2. The van der Waals surface area contributed by atoms with Crippen LogP contribution in [0.25, 0.3) is 11.0 Å². The van der Waals surface area contributed by atoms with E-state index in [9.17, 15) is 9.90 Å². The lowest BCUT2D eigenvalue weighted by Crippen LogP contribution is -2.12. The smallest absolute Gasteiger partial charge is 0.306 e. The summed E-state index contributed by atoms with van der Waals surface area (Å²) in [4.78, 5) is 12.2. The van der Waals surface area contributed by atoms with E-state index in [0.717, 1.165) is 22.2 Å². The molecule has 148 valence electrons. The fraction of sp³-hybridized carbons (Fsp3) is 0.350. The van der Waals surface area contributed by atoms with Crippen molar-refractivity contribution >= 4 is 28.6 Å². The predicted molar refractivity (Wildman–Crippen MR) is 106 cm³/mol. The van der Waals surface area contributed by atoms with Crippen LogP contribution in [-0.4, -0.2) is 40.3 Å². The van der Waals surface area contributed by atoms with Crippen LogP contribution in [0.3, 0.4) is 0 Å². The van der Waals surface area contributed by atoms with Crippen LogP contribution in [0.15, 0.2) is 24.3 Å². The maximum atomic E-state index is 12.2. The highest BCUT2D eigenvalue weighted by atomic mass is 35.5. The number of rotatable bonds is 6. The summed E-state index contributed by atoms with van der Waals surface area (Å²) in [5.74, 6) is -0.0484. The lowest BCUT2D eigenvalue weighted by Gasteiger charge is -2.21. The number of carbonyl (C=O) groups is 1. The summed E-state index contributed by atoms with van der Waals surface area (Å²) >= 11 is 6.15. The number of ether oxygens (including phenoxy) is 2. The number of aryl methyl sites for hydroxylation is 2. The Balaban J connectivity index is 2.24. The van der Waals surface area contributed by atoms with Gasteiger partial charge in [-0.05, 0) is 41.3 Å². The van der Waals surface area contributed by atoms with Gasteiger partial charge in [0.15, 0.2) is 0 Å². The number of hydrogen-bond donors (Lipinski definition) is 1. The van der Waals surface area contributed by atoms with Crippen LogP contribution in [0.1, 0.15) is 34.6 Å². The predicted octanol–water partition coefficient (Wildman–Crippen LogP) is 3.13. The van der Waals surface area contributed by atoms with Crippen LogP contribution in [0.5, 0.6) is 5.75 Å². The van der Waals surface area contributed by atoms with Gasteiger partial charge in [0, 0.05) is 18.0 Å². The van der Waals surface area contributed by atoms with Crippen LogP contribution < -0.4 is 4.74 Å². The zero-order valence-electron chi connectivity index (χ0n) is 16.2. The van der Waals surface area contributed by atoms with Gasteiger partial charge >= 0.3 is 5.97 Å². The van der Waals surface area contributed by atoms with E-state index in [2.05, 4.69) is 10.3 Å². The largest absolute Gasteiger partial charge is 0.494 e. The van der Waals surface area contributed by atoms with Crippen molar-refractivity contribution < 1.29 is 19.4 Å². The van der Waals surface area contributed by atoms with E-state index in [1.807, 2.05) is 25.1 Å². The number of carbonyl (C=O) groups excluding carboxylic acids is 1. The SMILES string of the molecule is COC(=O)CC(c1ccc(Cl)c(CO)c1)c1cc(OC)c2c(nnn2C)c1C. The Hall–Kier alpha value is -2.64. The molecule has 28 heavy (non-hydrogen) atoms. The lowest BCUT2D eigenvalue weighted by atomic mass is 9.84. The molecule has 1 N–H and O–H groups in total. The molecule has 2 aromatic carbocycles. The Kier molecular flexibility index (Phi) is 5.86. The van der Waals surface area contributed by atoms with Gasteiger partial charge in [0.2, 0.25) is 0 Å². The van der Waals surface area contributed by atoms with Crippen molar-refractivity contribution in [3.63, 3.8) is 0 Å². The fourth-order valence-electron chi connectivity index (χ4n) is 3.45. The Morgan fingerprint density at radius 2 is 2.07 bits per heavy atom. The summed E-state index contributed by atoms with van der Waals surface area (Å²) in [7, 11) is 4.75. The number of aliphatic hydroxyl groups is 1. The first kappa shape index (κ1) is 20.1. The van der Waals surface area contributed by atoms with Gasteiger partial charge in [0.05, 0.1) is 27.2 Å². The molecule has 0 saturated carbocycles. The van der Waals surface area contributed by atoms with Crippen LogP contribution in [0.4, 0.5) is 0 Å². The van der Waals surface area contributed by atoms with Crippen molar-refractivity contribution in [3.05, 3.63) is 51.5 Å². The Labute approximate surface area is 167 Å². The summed E-state index contributed by atoms with van der Waals surface area (Å²) in [6.45, 7) is 1.75. The summed E-state index contributed by atoms with van der Waals surface area (Å²) in [6, 6.07) is 7.28. The molecule has 0 fully saturated rings. The average Bonchev–Trinajstić information content (AvgIpc) is 3.09. The van der Waals surface area contributed by atoms with Crippen LogP contribution in [-0.2, 0) is 23.2 Å². The highest BCUT2D eigenvalue weighted by molar-refractivity contribution is 6.31. The first-order chi connectivity index (χ1) is 13.4. The van der Waals surface area contributed by atoms with Crippen molar-refractivity contribution in [1.82, 2.24) is 15.0 Å². The van der Waals surface area contributed by atoms with Crippen LogP contribution >= 0.6 is 11.6 Å². The molecule has 1 unspecified atom stereocenters. The first-order valence-corrected chi connectivity index (χ1v) is 9.11. The molecule has 0 bridgehead atoms. The average molecular weight is 404 g/mol. The van der Waals surface area contributed by atoms with Gasteiger partial charge in [-0.15, -0.1) is 5.10 Å². The number of fused-ring (bicyclic) bond motifs is 1. The van der Waals surface area contributed by atoms with Gasteiger partial charge in [-0.3, -0.25) is 4.79 Å². The van der Waals surface area contributed by atoms with Crippen LogP contribution in [0, 0.1) is 6.92 Å². The molecular formula is C20H22ClN3O4. The van der Waals surface area contributed by atoms with E-state index in [4.69, 9.17) is 21.1 Å². The van der Waals surface area contributed by atoms with E-state index in [0.29, 0.717) is 21.9 Å². The normalized spacial score (nSPS) is 12.2. The van der Waals surface area contributed by atoms with Crippen molar-refractivity contribution in [3.8, 4) is 5.75 Å². The first-order valence-electron chi connectivity index (χ1n) is 8.74. The summed E-state index contributed by atoms with van der Waals surface area (Å²) in [5.41, 5.74) is 4.71. The molecule has 8 heteroatoms. The molecular weight excluding hydrogens is 382 g/mol. The third kappa shape index (κ3) is 3.55. The molecule has 1 heterocycles. The Morgan fingerprint density at radius 3 is 2.71 bits per heavy atom. The Morgan fingerprint density at radius 1 is 1.32 bits per heavy atom. The van der Waals surface area contributed by atoms with E-state index >= 15 is 0 Å². The number of methoxy groups -OCH3 is 2. The quantitative estimate of drug-likeness (QED) is 0.636. The van der Waals surface area contributed by atoms with Crippen molar-refractivity contribution in [2.75, 3.05) is 14.2 Å². The second-order valence-electron chi connectivity index (χ2n) is 6.55. The number of aromatic nitrogens is 3. The number of esters is 1. The second-order valence-corrected chi connectivity index (χ2v) is 6.95. The summed E-state index contributed by atoms with van der Waals surface area (Å²) < 4.78 is 12.1. The lowest BCUT2D eigenvalue weighted by molar-refractivity contribution is -0.140. The molecule has 0 saturated heterocycles. The minimum atomic E-state index is -0.344. The fourth-order valence-corrected chi connectivity index (χ4v) is 3.63. The summed E-state index contributed by atoms with van der Waals surface area (Å²) in [5, 5.41) is 18.4. The van der Waals surface area contributed by atoms with Gasteiger partial charge < -0.3 is 14.6 Å². The van der Waals surface area contributed by atoms with E-state index in [-0.39, 0.29) is 24.9 Å². The van der Waals surface area contributed by atoms with Crippen molar-refractivity contribution in [2.45, 2.75) is 25.9 Å². The second kappa shape index (κ2) is 8.16. The number of hydrogen-bond acceptors (Lipinski definition) is 6. The summed E-state index contributed by atoms with van der Waals surface area (Å²) in [6.07, 6.45) is 0.124. The van der Waals surface area contributed by atoms with Gasteiger partial charge in [-0.2, -0.15) is 0 Å². The van der Waals surface area contributed by atoms with Gasteiger partial charge in [-0.25, -0.2) is 4.68 Å². The van der Waals surface area contributed by atoms with Gasteiger partial charge in [0.1, 0.15) is 16.8 Å². The molecule has 0 aliphatic heterocycles. The highest BCUT2D eigenvalue weighted by Crippen LogP contribution is 2.38. The molecule has 3 rings (SSSR count). The number of aliphatic hydroxyl groups excluding tert-OH is 1. The number of benzene rings is 2.